The summed E-state index contributed by atoms with van der Waals surface area (Å²) in [6.07, 6.45) is 8.85. The van der Waals surface area contributed by atoms with Gasteiger partial charge in [-0.05, 0) is 18.9 Å². The van der Waals surface area contributed by atoms with Crippen molar-refractivity contribution in [3.8, 4) is 5.88 Å². The molecule has 10 heteroatoms. The first-order chi connectivity index (χ1) is 17.5. The first-order valence-corrected chi connectivity index (χ1v) is 13.2. The Labute approximate surface area is 212 Å². The van der Waals surface area contributed by atoms with Crippen LogP contribution in [0.2, 0.25) is 0 Å². The van der Waals surface area contributed by atoms with Crippen LogP contribution in [0.15, 0.2) is 6.07 Å². The second-order valence-corrected chi connectivity index (χ2v) is 10.1. The van der Waals surface area contributed by atoms with Gasteiger partial charge in [0.05, 0.1) is 24.0 Å². The van der Waals surface area contributed by atoms with Crippen molar-refractivity contribution < 1.29 is 9.53 Å². The number of hydrogen-bond donors (Lipinski definition) is 3. The Bertz CT molecular complexity index is 1200. The van der Waals surface area contributed by atoms with E-state index in [1.807, 2.05) is 7.05 Å². The molecule has 10 nitrogen and oxygen atoms in total. The second-order valence-electron chi connectivity index (χ2n) is 10.1. The second kappa shape index (κ2) is 11.0. The first-order valence-electron chi connectivity index (χ1n) is 13.2. The highest BCUT2D eigenvalue weighted by Gasteiger charge is 2.27. The monoisotopic (exact) mass is 494 g/mol. The first kappa shape index (κ1) is 24.7. The van der Waals surface area contributed by atoms with Gasteiger partial charge in [0.1, 0.15) is 11.5 Å². The molecule has 5 rings (SSSR count). The minimum atomic E-state index is -0.453. The van der Waals surface area contributed by atoms with Gasteiger partial charge >= 0.3 is 0 Å². The highest BCUT2D eigenvalue weighted by molar-refractivity contribution is 5.93. The molecule has 0 radical (unpaired) electrons. The van der Waals surface area contributed by atoms with E-state index in [1.54, 1.807) is 11.8 Å². The maximum atomic E-state index is 12.4. The van der Waals surface area contributed by atoms with Gasteiger partial charge < -0.3 is 20.8 Å². The van der Waals surface area contributed by atoms with Gasteiger partial charge in [-0.2, -0.15) is 5.10 Å². The van der Waals surface area contributed by atoms with Crippen LogP contribution < -0.4 is 15.8 Å². The van der Waals surface area contributed by atoms with Crippen LogP contribution in [0.4, 0.5) is 0 Å². The van der Waals surface area contributed by atoms with Gasteiger partial charge in [-0.25, -0.2) is 9.97 Å². The van der Waals surface area contributed by atoms with Crippen molar-refractivity contribution in [1.29, 1.82) is 0 Å². The Hall–Kier alpha value is -2.98. The Balaban J connectivity index is 1.47. The van der Waals surface area contributed by atoms with E-state index in [1.165, 1.54) is 32.1 Å². The summed E-state index contributed by atoms with van der Waals surface area (Å²) in [5, 5.41) is 8.20. The number of rotatable bonds is 7. The molecule has 1 saturated carbocycles. The van der Waals surface area contributed by atoms with Crippen molar-refractivity contribution in [2.45, 2.75) is 63.8 Å². The third-order valence-corrected chi connectivity index (χ3v) is 7.57. The maximum absolute atomic E-state index is 12.4. The largest absolute Gasteiger partial charge is 0.479 e. The average molecular weight is 495 g/mol. The van der Waals surface area contributed by atoms with E-state index in [-0.39, 0.29) is 0 Å². The van der Waals surface area contributed by atoms with E-state index in [9.17, 15) is 4.79 Å². The standard InChI is InChI=1S/C26H38N8O2/c1-33-24(25(27)35)19(22(32-33)17-8-6-4-3-5-7-9-17)15-21-30-20-14-18(16-34-12-10-28-11-13-34)29-26(36-2)23(20)31-21/h14,17,28H,3-13,15-16H2,1-2H3,(H2,27,35)(H,30,31). The number of primary amides is 1. The molecule has 0 bridgehead atoms. The number of nitrogens with zero attached hydrogens (tertiary/aromatic N) is 5. The van der Waals surface area contributed by atoms with Crippen LogP contribution in [-0.4, -0.2) is 68.8 Å². The van der Waals surface area contributed by atoms with Gasteiger partial charge in [0, 0.05) is 57.7 Å². The summed E-state index contributed by atoms with van der Waals surface area (Å²) < 4.78 is 7.27. The van der Waals surface area contributed by atoms with Crippen LogP contribution >= 0.6 is 0 Å². The van der Waals surface area contributed by atoms with Crippen molar-refractivity contribution in [2.24, 2.45) is 12.8 Å². The molecule has 194 valence electrons. The number of fused-ring (bicyclic) bond motifs is 1. The van der Waals surface area contributed by atoms with Crippen LogP contribution in [0.5, 0.6) is 5.88 Å². The number of aromatic nitrogens is 5. The number of pyridine rings is 1. The zero-order valence-corrected chi connectivity index (χ0v) is 21.5. The van der Waals surface area contributed by atoms with Gasteiger partial charge in [-0.15, -0.1) is 0 Å². The Morgan fingerprint density at radius 1 is 1.14 bits per heavy atom. The topological polar surface area (TPSA) is 127 Å². The number of aromatic amines is 1. The molecule has 0 aromatic carbocycles. The third kappa shape index (κ3) is 5.24. The number of nitrogens with one attached hydrogen (secondary N) is 2. The van der Waals surface area contributed by atoms with E-state index < -0.39 is 5.91 Å². The number of hydrogen-bond acceptors (Lipinski definition) is 7. The normalized spacial score (nSPS) is 18.3. The number of H-pyrrole nitrogens is 1. The summed E-state index contributed by atoms with van der Waals surface area (Å²) in [6.45, 7) is 4.74. The van der Waals surface area contributed by atoms with Crippen molar-refractivity contribution in [3.63, 3.8) is 0 Å². The zero-order chi connectivity index (χ0) is 25.1. The highest BCUT2D eigenvalue weighted by atomic mass is 16.5. The molecule has 4 heterocycles. The van der Waals surface area contributed by atoms with Crippen LogP contribution in [0.1, 0.15) is 84.1 Å². The quantitative estimate of drug-likeness (QED) is 0.461. The summed E-state index contributed by atoms with van der Waals surface area (Å²) in [5.74, 6) is 1.16. The van der Waals surface area contributed by atoms with Gasteiger partial charge in [0.15, 0.2) is 5.52 Å². The predicted molar refractivity (Wildman–Crippen MR) is 138 cm³/mol. The zero-order valence-electron chi connectivity index (χ0n) is 21.5. The maximum Gasteiger partial charge on any atom is 0.267 e. The van der Waals surface area contributed by atoms with Crippen LogP contribution in [-0.2, 0) is 20.0 Å². The lowest BCUT2D eigenvalue weighted by atomic mass is 9.86. The van der Waals surface area contributed by atoms with E-state index in [0.29, 0.717) is 29.4 Å². The number of piperazine rings is 1. The molecule has 2 aliphatic rings. The lowest BCUT2D eigenvalue weighted by molar-refractivity contribution is 0.0990. The number of aryl methyl sites for hydroxylation is 1. The summed E-state index contributed by atoms with van der Waals surface area (Å²) >= 11 is 0. The lowest BCUT2D eigenvalue weighted by Gasteiger charge is -2.26. The van der Waals surface area contributed by atoms with Crippen molar-refractivity contribution >= 4 is 16.9 Å². The summed E-state index contributed by atoms with van der Waals surface area (Å²) in [6, 6.07) is 2.06. The molecule has 1 amide bonds. The minimum absolute atomic E-state index is 0.339. The summed E-state index contributed by atoms with van der Waals surface area (Å²) in [4.78, 5) is 27.9. The lowest BCUT2D eigenvalue weighted by Crippen LogP contribution is -2.43. The Morgan fingerprint density at radius 2 is 1.86 bits per heavy atom. The summed E-state index contributed by atoms with van der Waals surface area (Å²) in [5.41, 5.74) is 10.7. The molecule has 0 unspecified atom stereocenters. The van der Waals surface area contributed by atoms with Crippen LogP contribution in [0.3, 0.4) is 0 Å². The van der Waals surface area contributed by atoms with Gasteiger partial charge in [-0.3, -0.25) is 14.4 Å². The molecule has 3 aromatic rings. The molecule has 2 fully saturated rings. The van der Waals surface area contributed by atoms with Gasteiger partial charge in [0.2, 0.25) is 5.88 Å². The molecule has 36 heavy (non-hydrogen) atoms. The SMILES string of the molecule is COc1nc(CN2CCNCC2)cc2[nH]c(Cc3c(C4CCCCCCC4)nn(C)c3C(N)=O)nc12. The fraction of sp³-hybridized carbons (Fsp3) is 0.615. The van der Waals surface area contributed by atoms with Gasteiger partial charge in [0.25, 0.3) is 5.91 Å². The number of methoxy groups -OCH3 is 1. The summed E-state index contributed by atoms with van der Waals surface area (Å²) in [7, 11) is 3.44. The van der Waals surface area contributed by atoms with Gasteiger partial charge in [-0.1, -0.05) is 32.1 Å². The fourth-order valence-corrected chi connectivity index (χ4v) is 5.79. The smallest absolute Gasteiger partial charge is 0.267 e. The number of ether oxygens (including phenoxy) is 1. The van der Waals surface area contributed by atoms with E-state index in [2.05, 4.69) is 21.3 Å². The predicted octanol–water partition coefficient (Wildman–Crippen LogP) is 2.62. The fourth-order valence-electron chi connectivity index (χ4n) is 5.79. The number of carbonyl (C=O) groups is 1. The molecule has 3 aromatic heterocycles. The average Bonchev–Trinajstić information content (AvgIpc) is 3.39. The van der Waals surface area contributed by atoms with E-state index >= 15 is 0 Å². The molecular weight excluding hydrogens is 456 g/mol. The number of nitrogens with two attached hydrogens (primary N) is 1. The van der Waals surface area contributed by atoms with E-state index in [0.717, 1.165) is 73.9 Å². The minimum Gasteiger partial charge on any atom is -0.479 e. The molecular formula is C26H38N8O2. The Morgan fingerprint density at radius 3 is 2.56 bits per heavy atom. The van der Waals surface area contributed by atoms with Crippen molar-refractivity contribution in [1.82, 2.24) is 34.9 Å². The molecule has 4 N–H and O–H groups in total. The van der Waals surface area contributed by atoms with Crippen LogP contribution in [0.25, 0.3) is 11.0 Å². The van der Waals surface area contributed by atoms with Crippen LogP contribution in [0, 0.1) is 0 Å². The Kier molecular flexibility index (Phi) is 7.52. The molecule has 1 aliphatic heterocycles. The molecule has 0 spiro atoms. The number of carbonyl (C=O) groups excluding carboxylic acids is 1. The molecule has 1 aliphatic carbocycles. The molecule has 0 atom stereocenters. The third-order valence-electron chi connectivity index (χ3n) is 7.57. The van der Waals surface area contributed by atoms with E-state index in [4.69, 9.17) is 25.5 Å². The highest BCUT2D eigenvalue weighted by Crippen LogP contribution is 2.34. The number of amides is 1. The number of imidazole rings is 1. The van der Waals surface area contributed by atoms with Crippen molar-refractivity contribution in [2.75, 3.05) is 33.3 Å². The molecule has 1 saturated heterocycles. The van der Waals surface area contributed by atoms with Crippen molar-refractivity contribution in [3.05, 3.63) is 34.5 Å².